The molecule has 0 bridgehead atoms. The predicted octanol–water partition coefficient (Wildman–Crippen LogP) is 2.36. The fourth-order valence-electron chi connectivity index (χ4n) is 2.35. The van der Waals surface area contributed by atoms with Crippen LogP contribution in [0.4, 0.5) is 0 Å². The summed E-state index contributed by atoms with van der Waals surface area (Å²) in [6.45, 7) is 10.9. The second kappa shape index (κ2) is 6.39. The van der Waals surface area contributed by atoms with Crippen LogP contribution in [0.1, 0.15) is 47.0 Å². The van der Waals surface area contributed by atoms with E-state index in [-0.39, 0.29) is 0 Å². The van der Waals surface area contributed by atoms with Gasteiger partial charge in [-0.2, -0.15) is 0 Å². The third-order valence-corrected chi connectivity index (χ3v) is 4.01. The molecule has 3 nitrogen and oxygen atoms in total. The molecule has 0 unspecified atom stereocenters. The average molecular weight is 240 g/mol. The van der Waals surface area contributed by atoms with Gasteiger partial charge < -0.3 is 9.80 Å². The van der Waals surface area contributed by atoms with Gasteiger partial charge >= 0.3 is 0 Å². The van der Waals surface area contributed by atoms with Gasteiger partial charge in [0.05, 0.1) is 0 Å². The van der Waals surface area contributed by atoms with Gasteiger partial charge in [-0.25, -0.2) is 0 Å². The maximum atomic E-state index is 12.0. The molecule has 0 radical (unpaired) electrons. The summed E-state index contributed by atoms with van der Waals surface area (Å²) in [5.74, 6) is 0.904. The molecule has 0 aromatic heterocycles. The molecule has 3 heteroatoms. The first kappa shape index (κ1) is 14.5. The minimum atomic E-state index is 0.308. The van der Waals surface area contributed by atoms with Gasteiger partial charge in [0.2, 0.25) is 5.91 Å². The molecule has 1 heterocycles. The lowest BCUT2D eigenvalue weighted by atomic mass is 9.92. The summed E-state index contributed by atoms with van der Waals surface area (Å²) < 4.78 is 0. The average Bonchev–Trinajstić information content (AvgIpc) is 2.28. The number of hydrogen-bond donors (Lipinski definition) is 0. The van der Waals surface area contributed by atoms with Gasteiger partial charge in [-0.3, -0.25) is 4.79 Å². The van der Waals surface area contributed by atoms with Crippen molar-refractivity contribution < 1.29 is 4.79 Å². The van der Waals surface area contributed by atoms with Crippen molar-refractivity contribution in [3.8, 4) is 0 Å². The molecule has 0 aliphatic carbocycles. The zero-order valence-electron chi connectivity index (χ0n) is 12.1. The topological polar surface area (TPSA) is 23.6 Å². The van der Waals surface area contributed by atoms with Crippen LogP contribution in [-0.4, -0.2) is 47.9 Å². The van der Waals surface area contributed by atoms with Crippen molar-refractivity contribution in [2.45, 2.75) is 59.0 Å². The summed E-state index contributed by atoms with van der Waals surface area (Å²) >= 11 is 0. The van der Waals surface area contributed by atoms with E-state index in [1.54, 1.807) is 0 Å². The molecule has 1 fully saturated rings. The number of rotatable bonds is 4. The molecule has 17 heavy (non-hydrogen) atoms. The third kappa shape index (κ3) is 4.30. The molecule has 0 atom stereocenters. The quantitative estimate of drug-likeness (QED) is 0.753. The first-order valence-electron chi connectivity index (χ1n) is 6.91. The van der Waals surface area contributed by atoms with Gasteiger partial charge in [-0.15, -0.1) is 0 Å². The van der Waals surface area contributed by atoms with Crippen LogP contribution in [-0.2, 0) is 4.79 Å². The van der Waals surface area contributed by atoms with Crippen molar-refractivity contribution in [3.63, 3.8) is 0 Å². The number of hydrogen-bond acceptors (Lipinski definition) is 2. The van der Waals surface area contributed by atoms with Crippen LogP contribution in [0, 0.1) is 5.92 Å². The SMILES string of the molecule is CC(C)N1CCC(CC(=O)N(C)C(C)C)CC1. The first-order chi connectivity index (χ1) is 7.91. The van der Waals surface area contributed by atoms with Crippen molar-refractivity contribution in [1.82, 2.24) is 9.80 Å². The molecule has 1 aliphatic rings. The summed E-state index contributed by atoms with van der Waals surface area (Å²) in [6.07, 6.45) is 3.09. The highest BCUT2D eigenvalue weighted by atomic mass is 16.2. The van der Waals surface area contributed by atoms with Gasteiger partial charge in [0, 0.05) is 25.6 Å². The van der Waals surface area contributed by atoms with E-state index in [1.165, 1.54) is 12.8 Å². The van der Waals surface area contributed by atoms with Crippen LogP contribution in [0.2, 0.25) is 0 Å². The summed E-state index contributed by atoms with van der Waals surface area (Å²) in [5, 5.41) is 0. The smallest absolute Gasteiger partial charge is 0.222 e. The van der Waals surface area contributed by atoms with Gasteiger partial charge in [-0.05, 0) is 59.5 Å². The van der Waals surface area contributed by atoms with E-state index in [2.05, 4.69) is 32.6 Å². The van der Waals surface area contributed by atoms with E-state index in [9.17, 15) is 4.79 Å². The van der Waals surface area contributed by atoms with Crippen LogP contribution in [0.3, 0.4) is 0 Å². The van der Waals surface area contributed by atoms with Crippen LogP contribution >= 0.6 is 0 Å². The molecule has 1 saturated heterocycles. The van der Waals surface area contributed by atoms with Crippen LogP contribution in [0.25, 0.3) is 0 Å². The van der Waals surface area contributed by atoms with Crippen molar-refractivity contribution in [2.24, 2.45) is 5.92 Å². The highest BCUT2D eigenvalue weighted by molar-refractivity contribution is 5.76. The van der Waals surface area contributed by atoms with Crippen LogP contribution in [0.5, 0.6) is 0 Å². The molecule has 1 aliphatic heterocycles. The Balaban J connectivity index is 2.33. The zero-order valence-corrected chi connectivity index (χ0v) is 12.1. The molecule has 0 saturated carbocycles. The van der Waals surface area contributed by atoms with E-state index in [0.29, 0.717) is 23.9 Å². The summed E-state index contributed by atoms with van der Waals surface area (Å²) in [6, 6.07) is 0.961. The normalized spacial score (nSPS) is 19.0. The van der Waals surface area contributed by atoms with E-state index in [4.69, 9.17) is 0 Å². The Kier molecular flexibility index (Phi) is 5.44. The molecule has 100 valence electrons. The molecule has 0 aromatic rings. The Morgan fingerprint density at radius 2 is 1.76 bits per heavy atom. The van der Waals surface area contributed by atoms with Gasteiger partial charge in [0.15, 0.2) is 0 Å². The summed E-state index contributed by atoms with van der Waals surface area (Å²) in [5.41, 5.74) is 0. The minimum absolute atomic E-state index is 0.308. The number of carbonyl (C=O) groups excluding carboxylic acids is 1. The minimum Gasteiger partial charge on any atom is -0.343 e. The van der Waals surface area contributed by atoms with Crippen LogP contribution < -0.4 is 0 Å². The maximum absolute atomic E-state index is 12.0. The van der Waals surface area contributed by atoms with E-state index in [1.807, 2.05) is 11.9 Å². The predicted molar refractivity (Wildman–Crippen MR) is 72.0 cm³/mol. The second-order valence-corrected chi connectivity index (χ2v) is 5.88. The van der Waals surface area contributed by atoms with Gasteiger partial charge in [0.1, 0.15) is 0 Å². The standard InChI is InChI=1S/C14H28N2O/c1-11(2)15(5)14(17)10-13-6-8-16(9-7-13)12(3)4/h11-13H,6-10H2,1-5H3. The summed E-state index contributed by atoms with van der Waals surface area (Å²) in [4.78, 5) is 16.4. The second-order valence-electron chi connectivity index (χ2n) is 5.88. The molecule has 0 aromatic carbocycles. The van der Waals surface area contributed by atoms with Crippen molar-refractivity contribution in [1.29, 1.82) is 0 Å². The highest BCUT2D eigenvalue weighted by Gasteiger charge is 2.24. The molecule has 1 rings (SSSR count). The fourth-order valence-corrected chi connectivity index (χ4v) is 2.35. The van der Waals surface area contributed by atoms with E-state index < -0.39 is 0 Å². The molecule has 0 spiro atoms. The number of likely N-dealkylation sites (tertiary alicyclic amines) is 1. The number of amides is 1. The molecule has 1 amide bonds. The Hall–Kier alpha value is -0.570. The maximum Gasteiger partial charge on any atom is 0.222 e. The Morgan fingerprint density at radius 3 is 2.18 bits per heavy atom. The van der Waals surface area contributed by atoms with Crippen molar-refractivity contribution in [3.05, 3.63) is 0 Å². The van der Waals surface area contributed by atoms with E-state index in [0.717, 1.165) is 19.5 Å². The third-order valence-electron chi connectivity index (χ3n) is 4.01. The van der Waals surface area contributed by atoms with Crippen molar-refractivity contribution >= 4 is 5.91 Å². The first-order valence-corrected chi connectivity index (χ1v) is 6.91. The molecular weight excluding hydrogens is 212 g/mol. The van der Waals surface area contributed by atoms with E-state index >= 15 is 0 Å². The Labute approximate surface area is 106 Å². The highest BCUT2D eigenvalue weighted by Crippen LogP contribution is 2.22. The Bertz CT molecular complexity index is 243. The lowest BCUT2D eigenvalue weighted by molar-refractivity contribution is -0.132. The fraction of sp³-hybridized carbons (Fsp3) is 0.929. The number of piperidine rings is 1. The van der Waals surface area contributed by atoms with Crippen molar-refractivity contribution in [2.75, 3.05) is 20.1 Å². The largest absolute Gasteiger partial charge is 0.343 e. The number of nitrogens with zero attached hydrogens (tertiary/aromatic N) is 2. The molecular formula is C14H28N2O. The zero-order chi connectivity index (χ0) is 13.0. The summed E-state index contributed by atoms with van der Waals surface area (Å²) in [7, 11) is 1.91. The van der Waals surface area contributed by atoms with Gasteiger partial charge in [0.25, 0.3) is 0 Å². The van der Waals surface area contributed by atoms with Crippen LogP contribution in [0.15, 0.2) is 0 Å². The molecule has 0 N–H and O–H groups in total. The number of carbonyl (C=O) groups is 1. The lowest BCUT2D eigenvalue weighted by Crippen LogP contribution is -2.40. The monoisotopic (exact) mass is 240 g/mol. The van der Waals surface area contributed by atoms with Gasteiger partial charge in [-0.1, -0.05) is 0 Å². The Morgan fingerprint density at radius 1 is 1.24 bits per heavy atom. The lowest BCUT2D eigenvalue weighted by Gasteiger charge is -2.35.